The summed E-state index contributed by atoms with van der Waals surface area (Å²) in [5, 5.41) is 0. The fourth-order valence-corrected chi connectivity index (χ4v) is 1.63. The quantitative estimate of drug-likeness (QED) is 0.856. The molecule has 2 rings (SSSR count). The van der Waals surface area contributed by atoms with Crippen LogP contribution in [0.25, 0.3) is 0 Å². The highest BCUT2D eigenvalue weighted by Gasteiger charge is 2.02. The second-order valence-electron chi connectivity index (χ2n) is 3.81. The first kappa shape index (κ1) is 10.8. The molecule has 0 unspecified atom stereocenters. The van der Waals surface area contributed by atoms with Gasteiger partial charge < -0.3 is 10.3 Å². The van der Waals surface area contributed by atoms with Crippen LogP contribution >= 0.6 is 0 Å². The summed E-state index contributed by atoms with van der Waals surface area (Å²) in [6, 6.07) is 4.81. The first-order valence-electron chi connectivity index (χ1n) is 5.15. The number of imidazole rings is 1. The number of rotatable bonds is 3. The number of benzene rings is 1. The molecule has 0 radical (unpaired) electrons. The topological polar surface area (TPSA) is 43.8 Å². The molecule has 0 spiro atoms. The van der Waals surface area contributed by atoms with Gasteiger partial charge in [-0.2, -0.15) is 0 Å². The predicted octanol–water partition coefficient (Wildman–Crippen LogP) is 1.84. The zero-order chi connectivity index (χ0) is 11.5. The van der Waals surface area contributed by atoms with Crippen LogP contribution in [0.3, 0.4) is 0 Å². The second-order valence-corrected chi connectivity index (χ2v) is 3.81. The smallest absolute Gasteiger partial charge is 0.123 e. The molecular weight excluding hydrogens is 205 g/mol. The fourth-order valence-electron chi connectivity index (χ4n) is 1.63. The minimum Gasteiger partial charge on any atom is -0.333 e. The van der Waals surface area contributed by atoms with Gasteiger partial charge in [0.05, 0.1) is 12.0 Å². The Kier molecular flexibility index (Phi) is 3.01. The van der Waals surface area contributed by atoms with Crippen molar-refractivity contribution in [1.29, 1.82) is 0 Å². The maximum Gasteiger partial charge on any atom is 0.123 e. The number of aryl methyl sites for hydroxylation is 1. The van der Waals surface area contributed by atoms with E-state index in [9.17, 15) is 4.39 Å². The van der Waals surface area contributed by atoms with Crippen LogP contribution in [-0.4, -0.2) is 9.55 Å². The largest absolute Gasteiger partial charge is 0.333 e. The molecule has 2 aromatic rings. The van der Waals surface area contributed by atoms with Gasteiger partial charge in [-0.3, -0.25) is 0 Å². The van der Waals surface area contributed by atoms with Crippen molar-refractivity contribution in [3.05, 3.63) is 53.4 Å². The number of hydrogen-bond acceptors (Lipinski definition) is 2. The molecule has 3 nitrogen and oxygen atoms in total. The van der Waals surface area contributed by atoms with Gasteiger partial charge in [-0.15, -0.1) is 0 Å². The van der Waals surface area contributed by atoms with E-state index >= 15 is 0 Å². The van der Waals surface area contributed by atoms with Crippen molar-refractivity contribution in [2.75, 3.05) is 0 Å². The van der Waals surface area contributed by atoms with Crippen LogP contribution in [-0.2, 0) is 13.1 Å². The Morgan fingerprint density at radius 1 is 1.44 bits per heavy atom. The van der Waals surface area contributed by atoms with Crippen molar-refractivity contribution in [2.24, 2.45) is 5.73 Å². The van der Waals surface area contributed by atoms with Crippen LogP contribution in [0.5, 0.6) is 0 Å². The van der Waals surface area contributed by atoms with Crippen molar-refractivity contribution in [2.45, 2.75) is 20.0 Å². The van der Waals surface area contributed by atoms with Crippen LogP contribution < -0.4 is 5.73 Å². The molecule has 0 atom stereocenters. The third-order valence-electron chi connectivity index (χ3n) is 2.55. The normalized spacial score (nSPS) is 10.7. The van der Waals surface area contributed by atoms with Gasteiger partial charge in [-0.25, -0.2) is 9.37 Å². The van der Waals surface area contributed by atoms with Crippen LogP contribution in [0, 0.1) is 12.7 Å². The number of nitrogens with two attached hydrogens (primary N) is 1. The summed E-state index contributed by atoms with van der Waals surface area (Å²) in [6.07, 6.45) is 3.65. The molecule has 0 saturated carbocycles. The van der Waals surface area contributed by atoms with E-state index in [4.69, 9.17) is 5.73 Å². The van der Waals surface area contributed by atoms with Crippen LogP contribution in [0.1, 0.15) is 16.8 Å². The van der Waals surface area contributed by atoms with Crippen molar-refractivity contribution in [1.82, 2.24) is 9.55 Å². The van der Waals surface area contributed by atoms with Gasteiger partial charge >= 0.3 is 0 Å². The van der Waals surface area contributed by atoms with E-state index in [2.05, 4.69) is 4.98 Å². The average Bonchev–Trinajstić information content (AvgIpc) is 2.70. The van der Waals surface area contributed by atoms with E-state index in [1.54, 1.807) is 12.4 Å². The van der Waals surface area contributed by atoms with Crippen LogP contribution in [0.4, 0.5) is 4.39 Å². The first-order valence-corrected chi connectivity index (χ1v) is 5.15. The lowest BCUT2D eigenvalue weighted by molar-refractivity contribution is 0.624. The summed E-state index contributed by atoms with van der Waals surface area (Å²) in [6.45, 7) is 3.04. The molecule has 1 aromatic heterocycles. The Labute approximate surface area is 93.7 Å². The highest BCUT2D eigenvalue weighted by Crippen LogP contribution is 2.12. The molecule has 0 aliphatic rings. The lowest BCUT2D eigenvalue weighted by atomic mass is 10.1. The summed E-state index contributed by atoms with van der Waals surface area (Å²) in [5.74, 6) is -0.200. The Hall–Kier alpha value is -1.68. The second kappa shape index (κ2) is 4.45. The van der Waals surface area contributed by atoms with Crippen molar-refractivity contribution in [3.8, 4) is 0 Å². The molecule has 84 valence electrons. The molecular formula is C12H14FN3. The maximum atomic E-state index is 12.9. The zero-order valence-corrected chi connectivity index (χ0v) is 9.15. The fraction of sp³-hybridized carbons (Fsp3) is 0.250. The van der Waals surface area contributed by atoms with Gasteiger partial charge in [0.25, 0.3) is 0 Å². The molecule has 0 saturated heterocycles. The molecule has 0 bridgehead atoms. The highest BCUT2D eigenvalue weighted by molar-refractivity contribution is 5.26. The summed E-state index contributed by atoms with van der Waals surface area (Å²) in [7, 11) is 0. The lowest BCUT2D eigenvalue weighted by Crippen LogP contribution is -2.00. The molecule has 2 N–H and O–H groups in total. The van der Waals surface area contributed by atoms with E-state index in [0.29, 0.717) is 13.1 Å². The highest BCUT2D eigenvalue weighted by atomic mass is 19.1. The maximum absolute atomic E-state index is 12.9. The van der Waals surface area contributed by atoms with Crippen LogP contribution in [0.2, 0.25) is 0 Å². The first-order chi connectivity index (χ1) is 7.69. The summed E-state index contributed by atoms with van der Waals surface area (Å²) in [5.41, 5.74) is 8.37. The van der Waals surface area contributed by atoms with Crippen molar-refractivity contribution < 1.29 is 4.39 Å². The van der Waals surface area contributed by atoms with E-state index < -0.39 is 0 Å². The minimum atomic E-state index is -0.200. The van der Waals surface area contributed by atoms with E-state index in [0.717, 1.165) is 16.8 Å². The number of aromatic nitrogens is 2. The van der Waals surface area contributed by atoms with E-state index in [-0.39, 0.29) is 5.82 Å². The number of halogens is 1. The average molecular weight is 219 g/mol. The van der Waals surface area contributed by atoms with Gasteiger partial charge in [0.15, 0.2) is 0 Å². The molecule has 0 aliphatic carbocycles. The molecule has 1 aromatic carbocycles. The number of nitrogens with zero attached hydrogens (tertiary/aromatic N) is 2. The molecule has 0 aliphatic heterocycles. The minimum absolute atomic E-state index is 0.200. The number of hydrogen-bond donors (Lipinski definition) is 1. The molecule has 1 heterocycles. The Balaban J connectivity index is 2.20. The predicted molar refractivity (Wildman–Crippen MR) is 60.4 cm³/mol. The van der Waals surface area contributed by atoms with Crippen molar-refractivity contribution >= 4 is 0 Å². The van der Waals surface area contributed by atoms with Crippen molar-refractivity contribution in [3.63, 3.8) is 0 Å². The third kappa shape index (κ3) is 2.28. The van der Waals surface area contributed by atoms with E-state index in [1.807, 2.05) is 17.7 Å². The van der Waals surface area contributed by atoms with Gasteiger partial charge in [-0.05, 0) is 30.2 Å². The standard InChI is InChI=1S/C12H14FN3/c1-9-4-11(13)3-2-10(9)6-16-7-12(5-14)15-8-16/h2-4,7-8H,5-6,14H2,1H3. The zero-order valence-electron chi connectivity index (χ0n) is 9.15. The molecule has 0 amide bonds. The van der Waals surface area contributed by atoms with Gasteiger partial charge in [0.2, 0.25) is 0 Å². The summed E-state index contributed by atoms with van der Waals surface area (Å²) in [4.78, 5) is 4.14. The van der Waals surface area contributed by atoms with Gasteiger partial charge in [-0.1, -0.05) is 6.07 Å². The monoisotopic (exact) mass is 219 g/mol. The Bertz CT molecular complexity index is 491. The Morgan fingerprint density at radius 2 is 2.25 bits per heavy atom. The summed E-state index contributed by atoms with van der Waals surface area (Å²) < 4.78 is 14.9. The van der Waals surface area contributed by atoms with E-state index in [1.165, 1.54) is 12.1 Å². The Morgan fingerprint density at radius 3 is 2.88 bits per heavy atom. The molecule has 4 heteroatoms. The van der Waals surface area contributed by atoms with Gasteiger partial charge in [0.1, 0.15) is 5.82 Å². The lowest BCUT2D eigenvalue weighted by Gasteiger charge is -2.06. The van der Waals surface area contributed by atoms with Crippen LogP contribution in [0.15, 0.2) is 30.7 Å². The third-order valence-corrected chi connectivity index (χ3v) is 2.55. The molecule has 0 fully saturated rings. The SMILES string of the molecule is Cc1cc(F)ccc1Cn1cnc(CN)c1. The van der Waals surface area contributed by atoms with Gasteiger partial charge in [0, 0.05) is 19.3 Å². The molecule has 16 heavy (non-hydrogen) atoms. The summed E-state index contributed by atoms with van der Waals surface area (Å²) >= 11 is 0.